The molecule has 0 saturated carbocycles. The van der Waals surface area contributed by atoms with E-state index in [0.29, 0.717) is 22.1 Å². The summed E-state index contributed by atoms with van der Waals surface area (Å²) in [6.45, 7) is 5.62. The summed E-state index contributed by atoms with van der Waals surface area (Å²) in [5.74, 6) is 0.442. The van der Waals surface area contributed by atoms with Gasteiger partial charge in [0.25, 0.3) is 0 Å². The highest BCUT2D eigenvalue weighted by Crippen LogP contribution is 2.18. The van der Waals surface area contributed by atoms with E-state index >= 15 is 0 Å². The van der Waals surface area contributed by atoms with Gasteiger partial charge < -0.3 is 14.8 Å². The molecule has 0 heterocycles. The number of ether oxygens (including phenoxy) is 2. The van der Waals surface area contributed by atoms with E-state index in [0.717, 1.165) is 0 Å². The van der Waals surface area contributed by atoms with Crippen molar-refractivity contribution < 1.29 is 19.1 Å². The van der Waals surface area contributed by atoms with Gasteiger partial charge in [0.05, 0.1) is 13.0 Å². The van der Waals surface area contributed by atoms with Gasteiger partial charge in [-0.3, -0.25) is 10.1 Å². The lowest BCUT2D eigenvalue weighted by Gasteiger charge is -2.19. The van der Waals surface area contributed by atoms with Crippen molar-refractivity contribution in [2.24, 2.45) is 0 Å². The number of hydrogen-bond donors (Lipinski definition) is 2. The van der Waals surface area contributed by atoms with Gasteiger partial charge in [-0.25, -0.2) is 4.79 Å². The zero-order valence-electron chi connectivity index (χ0n) is 15.5. The molecule has 0 fully saturated rings. The zero-order chi connectivity index (χ0) is 19.9. The monoisotopic (exact) mass is 390 g/mol. The minimum atomic E-state index is -0.564. The highest BCUT2D eigenvalue weighted by atomic mass is 35.5. The van der Waals surface area contributed by atoms with Crippen molar-refractivity contribution in [3.05, 3.63) is 53.6 Å². The molecule has 0 aromatic heterocycles. The fraction of sp³-hybridized carbons (Fsp3) is 0.300. The summed E-state index contributed by atoms with van der Waals surface area (Å²) in [4.78, 5) is 23.7. The highest BCUT2D eigenvalue weighted by Gasteiger charge is 2.16. The van der Waals surface area contributed by atoms with Crippen LogP contribution in [0.3, 0.4) is 0 Å². The maximum absolute atomic E-state index is 12.0. The second kappa shape index (κ2) is 9.28. The van der Waals surface area contributed by atoms with Gasteiger partial charge in [0.1, 0.15) is 11.4 Å². The molecule has 0 unspecified atom stereocenters. The molecule has 0 bridgehead atoms. The number of rotatable bonds is 6. The molecule has 0 radical (unpaired) electrons. The first-order chi connectivity index (χ1) is 12.7. The Morgan fingerprint density at radius 2 is 1.63 bits per heavy atom. The third-order valence-electron chi connectivity index (χ3n) is 3.21. The number of nitrogens with one attached hydrogen (secondary N) is 2. The van der Waals surface area contributed by atoms with E-state index in [1.165, 1.54) is 0 Å². The van der Waals surface area contributed by atoms with Gasteiger partial charge in [0.15, 0.2) is 0 Å². The van der Waals surface area contributed by atoms with Crippen molar-refractivity contribution in [2.45, 2.75) is 32.8 Å². The third kappa shape index (κ3) is 8.00. The first-order valence-electron chi connectivity index (χ1n) is 8.49. The fourth-order valence-electron chi connectivity index (χ4n) is 2.10. The summed E-state index contributed by atoms with van der Waals surface area (Å²) >= 11 is 5.88. The summed E-state index contributed by atoms with van der Waals surface area (Å²) in [5.41, 5.74) is 0.634. The quantitative estimate of drug-likeness (QED) is 0.719. The Morgan fingerprint density at radius 1 is 1.00 bits per heavy atom. The number of benzene rings is 2. The number of carbonyl (C=O) groups excluding carboxylic acids is 2. The maximum atomic E-state index is 12.0. The average molecular weight is 391 g/mol. The van der Waals surface area contributed by atoms with Crippen molar-refractivity contribution in [1.29, 1.82) is 0 Å². The number of carbonyl (C=O) groups is 2. The van der Waals surface area contributed by atoms with Crippen molar-refractivity contribution >= 4 is 35.0 Å². The molecule has 27 heavy (non-hydrogen) atoms. The molecule has 0 aliphatic carbocycles. The summed E-state index contributed by atoms with van der Waals surface area (Å²) in [7, 11) is 0. The lowest BCUT2D eigenvalue weighted by molar-refractivity contribution is -0.116. The second-order valence-electron chi connectivity index (χ2n) is 6.81. The summed E-state index contributed by atoms with van der Waals surface area (Å²) in [5, 5.41) is 5.98. The van der Waals surface area contributed by atoms with Crippen LogP contribution in [0.1, 0.15) is 27.2 Å². The lowest BCUT2D eigenvalue weighted by atomic mass is 10.2. The fourth-order valence-corrected chi connectivity index (χ4v) is 2.28. The first-order valence-corrected chi connectivity index (χ1v) is 8.87. The topological polar surface area (TPSA) is 76.7 Å². The van der Waals surface area contributed by atoms with Crippen LogP contribution in [0.4, 0.5) is 16.2 Å². The molecule has 6 nitrogen and oxygen atoms in total. The predicted molar refractivity (Wildman–Crippen MR) is 106 cm³/mol. The van der Waals surface area contributed by atoms with Crippen LogP contribution in [0, 0.1) is 0 Å². The number of halogens is 1. The van der Waals surface area contributed by atoms with Gasteiger partial charge in [0.2, 0.25) is 5.91 Å². The zero-order valence-corrected chi connectivity index (χ0v) is 16.3. The van der Waals surface area contributed by atoms with E-state index < -0.39 is 11.7 Å². The van der Waals surface area contributed by atoms with Gasteiger partial charge >= 0.3 is 6.09 Å². The minimum absolute atomic E-state index is 0.176. The number of hydrogen-bond acceptors (Lipinski definition) is 4. The van der Waals surface area contributed by atoms with E-state index in [2.05, 4.69) is 10.6 Å². The molecule has 2 N–H and O–H groups in total. The average Bonchev–Trinajstić information content (AvgIpc) is 2.55. The van der Waals surface area contributed by atoms with E-state index in [-0.39, 0.29) is 18.9 Å². The summed E-state index contributed by atoms with van der Waals surface area (Å²) in [6.07, 6.45) is -0.331. The third-order valence-corrected chi connectivity index (χ3v) is 3.44. The van der Waals surface area contributed by atoms with Crippen LogP contribution in [0.5, 0.6) is 5.75 Å². The molecule has 2 aromatic carbocycles. The van der Waals surface area contributed by atoms with Crippen LogP contribution in [-0.4, -0.2) is 24.2 Å². The molecular formula is C20H23ClN2O4. The van der Waals surface area contributed by atoms with E-state index in [1.807, 2.05) is 0 Å². The largest absolute Gasteiger partial charge is 0.493 e. The Kier molecular flexibility index (Phi) is 7.07. The van der Waals surface area contributed by atoms with E-state index in [1.54, 1.807) is 69.3 Å². The molecule has 144 valence electrons. The van der Waals surface area contributed by atoms with Crippen molar-refractivity contribution in [1.82, 2.24) is 0 Å². The normalized spacial score (nSPS) is 10.8. The molecule has 0 aliphatic heterocycles. The Bertz CT molecular complexity index is 785. The second-order valence-corrected chi connectivity index (χ2v) is 7.24. The van der Waals surface area contributed by atoms with Gasteiger partial charge in [0, 0.05) is 16.4 Å². The van der Waals surface area contributed by atoms with Crippen molar-refractivity contribution in [3.63, 3.8) is 0 Å². The lowest BCUT2D eigenvalue weighted by Crippen LogP contribution is -2.27. The van der Waals surface area contributed by atoms with Gasteiger partial charge in [-0.1, -0.05) is 17.7 Å². The number of anilines is 2. The smallest absolute Gasteiger partial charge is 0.412 e. The van der Waals surface area contributed by atoms with Crippen molar-refractivity contribution in [2.75, 3.05) is 17.2 Å². The van der Waals surface area contributed by atoms with Gasteiger partial charge in [-0.05, 0) is 63.2 Å². The number of amides is 2. The van der Waals surface area contributed by atoms with Crippen LogP contribution < -0.4 is 15.4 Å². The molecule has 2 rings (SSSR count). The van der Waals surface area contributed by atoms with Crippen LogP contribution in [0.2, 0.25) is 5.02 Å². The van der Waals surface area contributed by atoms with Crippen LogP contribution in [0.25, 0.3) is 0 Å². The van der Waals surface area contributed by atoms with Crippen LogP contribution in [-0.2, 0) is 9.53 Å². The highest BCUT2D eigenvalue weighted by molar-refractivity contribution is 6.30. The molecule has 0 aliphatic rings. The van der Waals surface area contributed by atoms with Crippen LogP contribution >= 0.6 is 11.6 Å². The molecule has 0 spiro atoms. The Hall–Kier alpha value is -2.73. The minimum Gasteiger partial charge on any atom is -0.493 e. The molecule has 0 saturated heterocycles. The Balaban J connectivity index is 1.76. The molecule has 0 atom stereocenters. The van der Waals surface area contributed by atoms with Crippen LogP contribution in [0.15, 0.2) is 48.5 Å². The maximum Gasteiger partial charge on any atom is 0.412 e. The van der Waals surface area contributed by atoms with E-state index in [4.69, 9.17) is 21.1 Å². The summed E-state index contributed by atoms with van der Waals surface area (Å²) in [6, 6.07) is 13.8. The SMILES string of the molecule is CC(C)(C)OC(=O)Nc1ccc(NC(=O)CCOc2cccc(Cl)c2)cc1. The Labute approximate surface area is 163 Å². The standard InChI is InChI=1S/C20H23ClN2O4/c1-20(2,3)27-19(25)23-16-9-7-15(8-10-16)22-18(24)11-12-26-17-6-4-5-14(21)13-17/h4-10,13H,11-12H2,1-3H3,(H,22,24)(H,23,25). The van der Waals surface area contributed by atoms with Gasteiger partial charge in [-0.2, -0.15) is 0 Å². The summed E-state index contributed by atoms with van der Waals surface area (Å²) < 4.78 is 10.7. The molecule has 2 amide bonds. The molecule has 2 aromatic rings. The Morgan fingerprint density at radius 3 is 2.22 bits per heavy atom. The van der Waals surface area contributed by atoms with Gasteiger partial charge in [-0.15, -0.1) is 0 Å². The van der Waals surface area contributed by atoms with Crippen molar-refractivity contribution in [3.8, 4) is 5.75 Å². The first kappa shape index (κ1) is 20.6. The molecular weight excluding hydrogens is 368 g/mol. The molecule has 7 heteroatoms. The van der Waals surface area contributed by atoms with E-state index in [9.17, 15) is 9.59 Å². The predicted octanol–water partition coefficient (Wildman–Crippen LogP) is 5.09.